The summed E-state index contributed by atoms with van der Waals surface area (Å²) in [5.74, 6) is -0.790. The summed E-state index contributed by atoms with van der Waals surface area (Å²) in [6.45, 7) is -0.153. The largest absolute Gasteiger partial charge is 0.468 e. The lowest BCUT2D eigenvalue weighted by Crippen LogP contribution is -2.31. The number of halogens is 1. The standard InChI is InChI=1S/C14H14ClN3O3S/c1-21-13(20)6-17-12(19)5-9-7-22-14(18-9)8-2-3-10(15)11(16)4-8/h2-4,7H,5-6,16H2,1H3,(H,17,19). The van der Waals surface area contributed by atoms with Crippen LogP contribution in [-0.4, -0.2) is 30.5 Å². The molecule has 3 N–H and O–H groups in total. The molecule has 0 saturated heterocycles. The number of benzene rings is 1. The van der Waals surface area contributed by atoms with Crippen molar-refractivity contribution in [3.63, 3.8) is 0 Å². The van der Waals surface area contributed by atoms with E-state index >= 15 is 0 Å². The fourth-order valence-corrected chi connectivity index (χ4v) is 2.60. The molecule has 0 fully saturated rings. The second kappa shape index (κ2) is 7.24. The van der Waals surface area contributed by atoms with Gasteiger partial charge in [-0.1, -0.05) is 17.7 Å². The quantitative estimate of drug-likeness (QED) is 0.640. The van der Waals surface area contributed by atoms with Crippen LogP contribution in [0.4, 0.5) is 5.69 Å². The van der Waals surface area contributed by atoms with Gasteiger partial charge in [-0.25, -0.2) is 4.98 Å². The molecule has 0 radical (unpaired) electrons. The molecule has 22 heavy (non-hydrogen) atoms. The Kier molecular flexibility index (Phi) is 5.35. The number of amides is 1. The van der Waals surface area contributed by atoms with Crippen molar-refractivity contribution in [1.29, 1.82) is 0 Å². The lowest BCUT2D eigenvalue weighted by molar-refractivity contribution is -0.141. The molecule has 0 bridgehead atoms. The van der Waals surface area contributed by atoms with Crippen LogP contribution >= 0.6 is 22.9 Å². The van der Waals surface area contributed by atoms with Crippen LogP contribution in [0.15, 0.2) is 23.6 Å². The number of nitrogens with two attached hydrogens (primary N) is 1. The maximum Gasteiger partial charge on any atom is 0.325 e. The van der Waals surface area contributed by atoms with E-state index in [-0.39, 0.29) is 18.9 Å². The minimum Gasteiger partial charge on any atom is -0.468 e. The Bertz CT molecular complexity index is 702. The highest BCUT2D eigenvalue weighted by molar-refractivity contribution is 7.13. The molecule has 116 valence electrons. The number of hydrogen-bond donors (Lipinski definition) is 2. The summed E-state index contributed by atoms with van der Waals surface area (Å²) >= 11 is 7.29. The first-order valence-corrected chi connectivity index (χ1v) is 7.58. The summed E-state index contributed by atoms with van der Waals surface area (Å²) in [5, 5.41) is 5.49. The molecule has 0 aliphatic rings. The van der Waals surface area contributed by atoms with E-state index in [1.807, 2.05) is 6.07 Å². The van der Waals surface area contributed by atoms with Gasteiger partial charge in [0.1, 0.15) is 11.6 Å². The Morgan fingerprint density at radius 3 is 2.91 bits per heavy atom. The third-order valence-corrected chi connectivity index (χ3v) is 4.08. The number of carbonyl (C=O) groups excluding carboxylic acids is 2. The van der Waals surface area contributed by atoms with Gasteiger partial charge in [-0.15, -0.1) is 11.3 Å². The zero-order chi connectivity index (χ0) is 16.1. The van der Waals surface area contributed by atoms with Crippen LogP contribution in [0.3, 0.4) is 0 Å². The fourth-order valence-electron chi connectivity index (χ4n) is 1.67. The van der Waals surface area contributed by atoms with Gasteiger partial charge in [0.05, 0.1) is 29.9 Å². The highest BCUT2D eigenvalue weighted by Gasteiger charge is 2.11. The van der Waals surface area contributed by atoms with E-state index in [1.165, 1.54) is 18.4 Å². The Labute approximate surface area is 136 Å². The van der Waals surface area contributed by atoms with Crippen molar-refractivity contribution in [2.45, 2.75) is 6.42 Å². The van der Waals surface area contributed by atoms with E-state index in [2.05, 4.69) is 15.0 Å². The first-order valence-electron chi connectivity index (χ1n) is 6.33. The van der Waals surface area contributed by atoms with Crippen LogP contribution in [0.25, 0.3) is 10.6 Å². The van der Waals surface area contributed by atoms with Crippen molar-refractivity contribution in [2.75, 3.05) is 19.4 Å². The van der Waals surface area contributed by atoms with Gasteiger partial charge in [0, 0.05) is 10.9 Å². The maximum atomic E-state index is 11.7. The van der Waals surface area contributed by atoms with Crippen molar-refractivity contribution < 1.29 is 14.3 Å². The SMILES string of the molecule is COC(=O)CNC(=O)Cc1csc(-c2ccc(Cl)c(N)c2)n1. The van der Waals surface area contributed by atoms with Gasteiger partial charge in [-0.05, 0) is 12.1 Å². The van der Waals surface area contributed by atoms with Gasteiger partial charge < -0.3 is 15.8 Å². The van der Waals surface area contributed by atoms with E-state index in [0.717, 1.165) is 10.6 Å². The molecular weight excluding hydrogens is 326 g/mol. The molecule has 0 aliphatic carbocycles. The maximum absolute atomic E-state index is 11.7. The first kappa shape index (κ1) is 16.3. The van der Waals surface area contributed by atoms with E-state index in [4.69, 9.17) is 17.3 Å². The number of esters is 1. The normalized spacial score (nSPS) is 10.3. The molecular formula is C14H14ClN3O3S. The van der Waals surface area contributed by atoms with E-state index in [0.29, 0.717) is 16.4 Å². The van der Waals surface area contributed by atoms with Crippen molar-refractivity contribution in [3.05, 3.63) is 34.3 Å². The van der Waals surface area contributed by atoms with Crippen molar-refractivity contribution >= 4 is 40.5 Å². The molecule has 8 heteroatoms. The Hall–Kier alpha value is -2.12. The minimum absolute atomic E-state index is 0.0938. The van der Waals surface area contributed by atoms with E-state index < -0.39 is 5.97 Å². The molecule has 1 aromatic carbocycles. The van der Waals surface area contributed by atoms with Gasteiger partial charge in [0.25, 0.3) is 0 Å². The van der Waals surface area contributed by atoms with E-state index in [1.54, 1.807) is 17.5 Å². The molecule has 2 aromatic rings. The number of methoxy groups -OCH3 is 1. The number of carbonyl (C=O) groups is 2. The molecule has 1 heterocycles. The van der Waals surface area contributed by atoms with Crippen molar-refractivity contribution in [1.82, 2.24) is 10.3 Å². The summed E-state index contributed by atoms with van der Waals surface area (Å²) in [6, 6.07) is 5.26. The first-order chi connectivity index (χ1) is 10.5. The number of nitrogens with zero attached hydrogens (tertiary/aromatic N) is 1. The number of nitrogens with one attached hydrogen (secondary N) is 1. The number of anilines is 1. The monoisotopic (exact) mass is 339 g/mol. The van der Waals surface area contributed by atoms with Gasteiger partial charge in [0.2, 0.25) is 5.91 Å². The van der Waals surface area contributed by atoms with Gasteiger partial charge in [-0.3, -0.25) is 9.59 Å². The second-order valence-corrected chi connectivity index (χ2v) is 5.68. The summed E-state index contributed by atoms with van der Waals surface area (Å²) in [6.07, 6.45) is 0.0938. The molecule has 1 amide bonds. The fraction of sp³-hybridized carbons (Fsp3) is 0.214. The highest BCUT2D eigenvalue weighted by atomic mass is 35.5. The summed E-state index contributed by atoms with van der Waals surface area (Å²) < 4.78 is 4.44. The number of aromatic nitrogens is 1. The van der Waals surface area contributed by atoms with Gasteiger partial charge in [0.15, 0.2) is 0 Å². The van der Waals surface area contributed by atoms with Crippen LogP contribution in [0.2, 0.25) is 5.02 Å². The third-order valence-electron chi connectivity index (χ3n) is 2.79. The summed E-state index contributed by atoms with van der Waals surface area (Å²) in [4.78, 5) is 27.0. The van der Waals surface area contributed by atoms with Crippen LogP contribution in [0, 0.1) is 0 Å². The Morgan fingerprint density at radius 1 is 1.45 bits per heavy atom. The second-order valence-electron chi connectivity index (χ2n) is 4.41. The molecule has 0 aliphatic heterocycles. The number of thiazole rings is 1. The molecule has 2 rings (SSSR count). The van der Waals surface area contributed by atoms with Crippen LogP contribution in [0.5, 0.6) is 0 Å². The van der Waals surface area contributed by atoms with Crippen LogP contribution in [0.1, 0.15) is 5.69 Å². The average molecular weight is 340 g/mol. The number of nitrogen functional groups attached to an aromatic ring is 1. The van der Waals surface area contributed by atoms with Crippen LogP contribution in [-0.2, 0) is 20.7 Å². The summed E-state index contributed by atoms with van der Waals surface area (Å²) in [7, 11) is 1.26. The highest BCUT2D eigenvalue weighted by Crippen LogP contribution is 2.29. The predicted molar refractivity (Wildman–Crippen MR) is 85.7 cm³/mol. The lowest BCUT2D eigenvalue weighted by atomic mass is 10.2. The van der Waals surface area contributed by atoms with Crippen molar-refractivity contribution in [3.8, 4) is 10.6 Å². The number of ether oxygens (including phenoxy) is 1. The molecule has 1 aromatic heterocycles. The predicted octanol–water partition coefficient (Wildman–Crippen LogP) is 1.88. The van der Waals surface area contributed by atoms with Crippen LogP contribution < -0.4 is 11.1 Å². The molecule has 0 unspecified atom stereocenters. The van der Waals surface area contributed by atoms with E-state index in [9.17, 15) is 9.59 Å². The zero-order valence-electron chi connectivity index (χ0n) is 11.8. The average Bonchev–Trinajstić information content (AvgIpc) is 2.96. The Morgan fingerprint density at radius 2 is 2.23 bits per heavy atom. The minimum atomic E-state index is -0.496. The van der Waals surface area contributed by atoms with Gasteiger partial charge >= 0.3 is 5.97 Å². The molecule has 6 nitrogen and oxygen atoms in total. The summed E-state index contributed by atoms with van der Waals surface area (Å²) in [5.41, 5.74) is 7.70. The molecule has 0 saturated carbocycles. The number of hydrogen-bond acceptors (Lipinski definition) is 6. The Balaban J connectivity index is 2.00. The lowest BCUT2D eigenvalue weighted by Gasteiger charge is -2.02. The van der Waals surface area contributed by atoms with Crippen molar-refractivity contribution in [2.24, 2.45) is 0 Å². The molecule has 0 atom stereocenters. The molecule has 0 spiro atoms. The van der Waals surface area contributed by atoms with Gasteiger partial charge in [-0.2, -0.15) is 0 Å². The number of rotatable bonds is 5. The third kappa shape index (κ3) is 4.19. The topological polar surface area (TPSA) is 94.3 Å². The smallest absolute Gasteiger partial charge is 0.325 e. The zero-order valence-corrected chi connectivity index (χ0v) is 13.3.